The summed E-state index contributed by atoms with van der Waals surface area (Å²) in [6, 6.07) is 13.9. The van der Waals surface area contributed by atoms with E-state index in [0.717, 1.165) is 29.2 Å². The van der Waals surface area contributed by atoms with Crippen LogP contribution in [0.25, 0.3) is 5.69 Å². The first kappa shape index (κ1) is 18.3. The van der Waals surface area contributed by atoms with Gasteiger partial charge >= 0.3 is 0 Å². The molecule has 1 aromatic heterocycles. The Hall–Kier alpha value is -3.08. The number of hydrogen-bond acceptors (Lipinski definition) is 4. The number of benzene rings is 2. The topological polar surface area (TPSA) is 56.1 Å². The average molecular weight is 375 g/mol. The van der Waals surface area contributed by atoms with Crippen molar-refractivity contribution in [1.29, 1.82) is 0 Å². The van der Waals surface area contributed by atoms with E-state index in [1.165, 1.54) is 11.1 Å². The second-order valence-electron chi connectivity index (χ2n) is 7.64. The predicted molar refractivity (Wildman–Crippen MR) is 111 cm³/mol. The summed E-state index contributed by atoms with van der Waals surface area (Å²) in [7, 11) is 1.65. The number of nitrogens with zero attached hydrogens (tertiary/aromatic N) is 2. The number of ether oxygens (including phenoxy) is 1. The molecule has 0 amide bonds. The molecule has 5 nitrogen and oxygen atoms in total. The van der Waals surface area contributed by atoms with Crippen molar-refractivity contribution in [2.24, 2.45) is 5.92 Å². The number of aryl methyl sites for hydroxylation is 2. The van der Waals surface area contributed by atoms with Gasteiger partial charge in [-0.2, -0.15) is 0 Å². The van der Waals surface area contributed by atoms with Crippen molar-refractivity contribution in [2.75, 3.05) is 12.4 Å². The molecule has 0 radical (unpaired) electrons. The van der Waals surface area contributed by atoms with E-state index in [0.29, 0.717) is 23.7 Å². The normalized spacial score (nSPS) is 16.0. The lowest BCUT2D eigenvalue weighted by molar-refractivity contribution is 0.0953. The van der Waals surface area contributed by atoms with Gasteiger partial charge < -0.3 is 10.1 Å². The Kier molecular flexibility index (Phi) is 4.67. The second-order valence-corrected chi connectivity index (χ2v) is 7.64. The molecule has 1 aliphatic carbocycles. The number of fused-ring (bicyclic) bond motifs is 1. The number of carbonyl (C=O) groups excluding carboxylic acids is 1. The highest BCUT2D eigenvalue weighted by Gasteiger charge is 2.31. The number of nitrogens with one attached hydrogen (secondary N) is 1. The third kappa shape index (κ3) is 3.28. The Labute approximate surface area is 165 Å². The molecule has 5 heteroatoms. The highest BCUT2D eigenvalue weighted by molar-refractivity contribution is 6.03. The molecule has 0 saturated heterocycles. The van der Waals surface area contributed by atoms with Gasteiger partial charge in [0.1, 0.15) is 5.75 Å². The van der Waals surface area contributed by atoms with Gasteiger partial charge in [-0.05, 0) is 73.7 Å². The number of ketones is 1. The molecule has 3 aromatic rings. The first-order valence-corrected chi connectivity index (χ1v) is 9.60. The van der Waals surface area contributed by atoms with Gasteiger partial charge in [0.25, 0.3) is 0 Å². The number of rotatable bonds is 4. The van der Waals surface area contributed by atoms with Crippen molar-refractivity contribution in [3.05, 3.63) is 64.8 Å². The van der Waals surface area contributed by atoms with Gasteiger partial charge in [-0.25, -0.2) is 4.68 Å². The standard InChI is InChI=1S/C23H25N3O2/c1-14-11-20-22(21(27)12-14)23(24-17-6-5-15(2)16(3)13-17)25-26(20)18-7-9-19(28-4)10-8-18/h5-10,13-14H,11-12H2,1-4H3,(H,24,25)/t14-/m0/s1. The number of carbonyl (C=O) groups is 1. The number of methoxy groups -OCH3 is 1. The fourth-order valence-electron chi connectivity index (χ4n) is 3.74. The van der Waals surface area contributed by atoms with Crippen molar-refractivity contribution < 1.29 is 9.53 Å². The van der Waals surface area contributed by atoms with E-state index in [1.807, 2.05) is 35.0 Å². The molecule has 1 aliphatic rings. The van der Waals surface area contributed by atoms with E-state index in [4.69, 9.17) is 9.84 Å². The van der Waals surface area contributed by atoms with Crippen molar-refractivity contribution in [2.45, 2.75) is 33.6 Å². The van der Waals surface area contributed by atoms with Crippen LogP contribution in [0.3, 0.4) is 0 Å². The average Bonchev–Trinajstić information content (AvgIpc) is 3.03. The third-order valence-electron chi connectivity index (χ3n) is 5.42. The maximum atomic E-state index is 12.9. The Bertz CT molecular complexity index is 1030. The van der Waals surface area contributed by atoms with Crippen LogP contribution in [0.5, 0.6) is 5.75 Å². The summed E-state index contributed by atoms with van der Waals surface area (Å²) in [5.74, 6) is 1.89. The van der Waals surface area contributed by atoms with Crippen LogP contribution in [0.2, 0.25) is 0 Å². The molecule has 28 heavy (non-hydrogen) atoms. The summed E-state index contributed by atoms with van der Waals surface area (Å²) < 4.78 is 7.16. The van der Waals surface area contributed by atoms with Crippen LogP contribution in [0.15, 0.2) is 42.5 Å². The van der Waals surface area contributed by atoms with Gasteiger partial charge in [0.15, 0.2) is 11.6 Å². The molecular formula is C23H25N3O2. The van der Waals surface area contributed by atoms with Crippen molar-refractivity contribution >= 4 is 17.3 Å². The van der Waals surface area contributed by atoms with Gasteiger partial charge in [0.2, 0.25) is 0 Å². The van der Waals surface area contributed by atoms with E-state index < -0.39 is 0 Å². The Balaban J connectivity index is 1.80. The zero-order valence-electron chi connectivity index (χ0n) is 16.7. The van der Waals surface area contributed by atoms with E-state index >= 15 is 0 Å². The van der Waals surface area contributed by atoms with E-state index in [1.54, 1.807) is 7.11 Å². The van der Waals surface area contributed by atoms with Crippen LogP contribution in [0.1, 0.15) is 40.5 Å². The summed E-state index contributed by atoms with van der Waals surface area (Å²) in [4.78, 5) is 12.9. The summed E-state index contributed by atoms with van der Waals surface area (Å²) in [5, 5.41) is 8.17. The number of Topliss-reactive ketones (excluding diaryl/α,β-unsaturated/α-hetero) is 1. The Morgan fingerprint density at radius 2 is 1.82 bits per heavy atom. The molecule has 0 aliphatic heterocycles. The monoisotopic (exact) mass is 375 g/mol. The smallest absolute Gasteiger partial charge is 0.168 e. The van der Waals surface area contributed by atoms with Crippen LogP contribution < -0.4 is 10.1 Å². The van der Waals surface area contributed by atoms with Gasteiger partial charge in [0, 0.05) is 12.1 Å². The first-order valence-electron chi connectivity index (χ1n) is 9.60. The lowest BCUT2D eigenvalue weighted by atomic mass is 9.87. The van der Waals surface area contributed by atoms with Gasteiger partial charge in [-0.1, -0.05) is 13.0 Å². The Morgan fingerprint density at radius 3 is 2.50 bits per heavy atom. The highest BCUT2D eigenvalue weighted by Crippen LogP contribution is 2.34. The summed E-state index contributed by atoms with van der Waals surface area (Å²) in [6.07, 6.45) is 1.39. The van der Waals surface area contributed by atoms with Crippen LogP contribution >= 0.6 is 0 Å². The molecule has 0 spiro atoms. The third-order valence-corrected chi connectivity index (χ3v) is 5.42. The van der Waals surface area contributed by atoms with Crippen molar-refractivity contribution in [3.63, 3.8) is 0 Å². The molecule has 0 fully saturated rings. The quantitative estimate of drug-likeness (QED) is 0.697. The second kappa shape index (κ2) is 7.15. The molecule has 0 unspecified atom stereocenters. The van der Waals surface area contributed by atoms with Crippen molar-refractivity contribution in [3.8, 4) is 11.4 Å². The molecule has 1 heterocycles. The van der Waals surface area contributed by atoms with Crippen LogP contribution in [-0.2, 0) is 6.42 Å². The fraction of sp³-hybridized carbons (Fsp3) is 0.304. The first-order chi connectivity index (χ1) is 13.5. The fourth-order valence-corrected chi connectivity index (χ4v) is 3.74. The maximum absolute atomic E-state index is 12.9. The molecule has 4 rings (SSSR count). The minimum atomic E-state index is 0.153. The van der Waals surface area contributed by atoms with Crippen LogP contribution in [0, 0.1) is 19.8 Å². The van der Waals surface area contributed by atoms with Gasteiger partial charge in [0.05, 0.1) is 24.1 Å². The molecular weight excluding hydrogens is 350 g/mol. The molecule has 2 aromatic carbocycles. The molecule has 1 atom stereocenters. The van der Waals surface area contributed by atoms with E-state index in [-0.39, 0.29) is 5.78 Å². The van der Waals surface area contributed by atoms with E-state index in [9.17, 15) is 4.79 Å². The molecule has 144 valence electrons. The van der Waals surface area contributed by atoms with Gasteiger partial charge in [-0.3, -0.25) is 4.79 Å². The number of hydrogen-bond donors (Lipinski definition) is 1. The summed E-state index contributed by atoms with van der Waals surface area (Å²) in [5.41, 5.74) is 5.99. The molecule has 0 saturated carbocycles. The predicted octanol–water partition coefficient (Wildman–Crippen LogP) is 5.01. The zero-order valence-corrected chi connectivity index (χ0v) is 16.7. The Morgan fingerprint density at radius 1 is 1.07 bits per heavy atom. The van der Waals surface area contributed by atoms with Gasteiger partial charge in [-0.15, -0.1) is 5.10 Å². The number of aromatic nitrogens is 2. The van der Waals surface area contributed by atoms with Crippen LogP contribution in [0.4, 0.5) is 11.5 Å². The largest absolute Gasteiger partial charge is 0.497 e. The summed E-state index contributed by atoms with van der Waals surface area (Å²) >= 11 is 0. The molecule has 1 N–H and O–H groups in total. The SMILES string of the molecule is COc1ccc(-n2nc(Nc3ccc(C)c(C)c3)c3c2C[C@H](C)CC3=O)cc1. The number of anilines is 2. The zero-order chi connectivity index (χ0) is 19.8. The minimum absolute atomic E-state index is 0.153. The van der Waals surface area contributed by atoms with Crippen LogP contribution in [-0.4, -0.2) is 22.7 Å². The molecule has 0 bridgehead atoms. The minimum Gasteiger partial charge on any atom is -0.497 e. The van der Waals surface area contributed by atoms with E-state index in [2.05, 4.69) is 38.2 Å². The summed E-state index contributed by atoms with van der Waals surface area (Å²) in [6.45, 7) is 6.28. The maximum Gasteiger partial charge on any atom is 0.168 e. The highest BCUT2D eigenvalue weighted by atomic mass is 16.5. The lowest BCUT2D eigenvalue weighted by Gasteiger charge is -2.19. The van der Waals surface area contributed by atoms with Crippen molar-refractivity contribution in [1.82, 2.24) is 9.78 Å². The lowest BCUT2D eigenvalue weighted by Crippen LogP contribution is -2.19.